The van der Waals surface area contributed by atoms with E-state index in [-0.39, 0.29) is 36.0 Å². The van der Waals surface area contributed by atoms with Crippen LogP contribution in [-0.4, -0.2) is 23.1 Å². The first-order valence-electron chi connectivity index (χ1n) is 7.22. The van der Waals surface area contributed by atoms with Gasteiger partial charge in [-0.1, -0.05) is 27.7 Å². The number of ketones is 4. The van der Waals surface area contributed by atoms with Crippen LogP contribution in [0, 0.1) is 22.7 Å². The van der Waals surface area contributed by atoms with Gasteiger partial charge in [-0.2, -0.15) is 0 Å². The lowest BCUT2D eigenvalue weighted by Crippen LogP contribution is -2.53. The highest BCUT2D eigenvalue weighted by Crippen LogP contribution is 2.43. The van der Waals surface area contributed by atoms with E-state index in [2.05, 4.69) is 0 Å². The summed E-state index contributed by atoms with van der Waals surface area (Å²) < 4.78 is 0. The maximum absolute atomic E-state index is 12.5. The van der Waals surface area contributed by atoms with Crippen LogP contribution in [0.4, 0.5) is 0 Å². The molecule has 0 N–H and O–H groups in total. The number of carbonyl (C=O) groups is 4. The highest BCUT2D eigenvalue weighted by atomic mass is 16.2. The van der Waals surface area contributed by atoms with Crippen molar-refractivity contribution in [2.75, 3.05) is 0 Å². The van der Waals surface area contributed by atoms with Gasteiger partial charge in [0.2, 0.25) is 0 Å². The molecule has 0 saturated heterocycles. The van der Waals surface area contributed by atoms with Gasteiger partial charge in [-0.25, -0.2) is 0 Å². The Bertz CT molecular complexity index is 453. The molecule has 0 radical (unpaired) electrons. The molecule has 2 saturated carbocycles. The second kappa shape index (κ2) is 4.61. The predicted octanol–water partition coefficient (Wildman–Crippen LogP) is 2.14. The maximum atomic E-state index is 12.5. The summed E-state index contributed by atoms with van der Waals surface area (Å²) in [6, 6.07) is 0. The van der Waals surface area contributed by atoms with E-state index in [0.29, 0.717) is 12.8 Å². The topological polar surface area (TPSA) is 68.3 Å². The van der Waals surface area contributed by atoms with Crippen molar-refractivity contribution >= 4 is 23.1 Å². The van der Waals surface area contributed by atoms with Gasteiger partial charge in [0.1, 0.15) is 23.1 Å². The molecule has 2 fully saturated rings. The zero-order valence-corrected chi connectivity index (χ0v) is 12.6. The lowest BCUT2D eigenvalue weighted by Gasteiger charge is -2.40. The Balaban J connectivity index is 2.41. The SMILES string of the molecule is CC1(C)CCC(=O)C(C2C(=O)CCC(C)(C)C2=O)C1=O. The van der Waals surface area contributed by atoms with E-state index in [1.54, 1.807) is 27.7 Å². The van der Waals surface area contributed by atoms with Crippen LogP contribution in [0.2, 0.25) is 0 Å². The van der Waals surface area contributed by atoms with Gasteiger partial charge in [-0.3, -0.25) is 19.2 Å². The minimum absolute atomic E-state index is 0.237. The largest absolute Gasteiger partial charge is 0.299 e. The molecular formula is C16H22O4. The molecule has 2 aliphatic carbocycles. The van der Waals surface area contributed by atoms with Gasteiger partial charge in [0.05, 0.1) is 11.8 Å². The van der Waals surface area contributed by atoms with Gasteiger partial charge in [-0.05, 0) is 12.8 Å². The van der Waals surface area contributed by atoms with E-state index in [1.165, 1.54) is 0 Å². The van der Waals surface area contributed by atoms with Crippen molar-refractivity contribution in [1.82, 2.24) is 0 Å². The zero-order chi connectivity index (χ0) is 15.3. The van der Waals surface area contributed by atoms with E-state index in [0.717, 1.165) is 0 Å². The van der Waals surface area contributed by atoms with Crippen LogP contribution in [0.15, 0.2) is 0 Å². The molecule has 2 rings (SSSR count). The van der Waals surface area contributed by atoms with Crippen molar-refractivity contribution < 1.29 is 19.2 Å². The molecule has 110 valence electrons. The van der Waals surface area contributed by atoms with Crippen molar-refractivity contribution in [3.05, 3.63) is 0 Å². The van der Waals surface area contributed by atoms with E-state index in [9.17, 15) is 19.2 Å². The zero-order valence-electron chi connectivity index (χ0n) is 12.6. The van der Waals surface area contributed by atoms with Gasteiger partial charge >= 0.3 is 0 Å². The molecule has 20 heavy (non-hydrogen) atoms. The molecule has 2 aliphatic rings. The number of rotatable bonds is 1. The van der Waals surface area contributed by atoms with Gasteiger partial charge < -0.3 is 0 Å². The number of hydrogen-bond donors (Lipinski definition) is 0. The summed E-state index contributed by atoms with van der Waals surface area (Å²) in [5.41, 5.74) is -1.25. The normalized spacial score (nSPS) is 33.4. The van der Waals surface area contributed by atoms with E-state index >= 15 is 0 Å². The molecule has 0 aromatic rings. The summed E-state index contributed by atoms with van der Waals surface area (Å²) in [5.74, 6) is -3.04. The fourth-order valence-electron chi connectivity index (χ4n) is 3.24. The average Bonchev–Trinajstić information content (AvgIpc) is 2.35. The summed E-state index contributed by atoms with van der Waals surface area (Å²) >= 11 is 0. The van der Waals surface area contributed by atoms with Crippen LogP contribution in [0.1, 0.15) is 53.4 Å². The second-order valence-electron chi connectivity index (χ2n) is 7.38. The third kappa shape index (κ3) is 2.25. The van der Waals surface area contributed by atoms with Crippen molar-refractivity contribution in [1.29, 1.82) is 0 Å². The standard InChI is InChI=1S/C16H22O4/c1-15(2)7-5-9(17)11(13(15)19)12-10(18)6-8-16(3,4)14(12)20/h11-12H,5-8H2,1-4H3. The first kappa shape index (κ1) is 15.1. The average molecular weight is 278 g/mol. The van der Waals surface area contributed by atoms with Crippen LogP contribution >= 0.6 is 0 Å². The molecule has 2 atom stereocenters. The van der Waals surface area contributed by atoms with E-state index < -0.39 is 22.7 Å². The van der Waals surface area contributed by atoms with Gasteiger partial charge in [0, 0.05) is 23.7 Å². The summed E-state index contributed by atoms with van der Waals surface area (Å²) in [7, 11) is 0. The number of hydrogen-bond acceptors (Lipinski definition) is 4. The van der Waals surface area contributed by atoms with Crippen molar-refractivity contribution in [2.45, 2.75) is 53.4 Å². The molecule has 4 heteroatoms. The maximum Gasteiger partial charge on any atom is 0.150 e. The minimum atomic E-state index is -1.04. The molecule has 0 aromatic heterocycles. The molecular weight excluding hydrogens is 256 g/mol. The Morgan fingerprint density at radius 1 is 0.700 bits per heavy atom. The lowest BCUT2D eigenvalue weighted by atomic mass is 9.59. The molecule has 0 aliphatic heterocycles. The van der Waals surface area contributed by atoms with E-state index in [4.69, 9.17) is 0 Å². The Labute approximate surface area is 119 Å². The van der Waals surface area contributed by atoms with Crippen molar-refractivity contribution in [3.63, 3.8) is 0 Å². The number of carbonyl (C=O) groups excluding carboxylic acids is 4. The Morgan fingerprint density at radius 3 is 1.30 bits per heavy atom. The summed E-state index contributed by atoms with van der Waals surface area (Å²) in [4.78, 5) is 49.4. The van der Waals surface area contributed by atoms with Gasteiger partial charge in [0.15, 0.2) is 0 Å². The quantitative estimate of drug-likeness (QED) is 0.689. The molecule has 0 spiro atoms. The predicted molar refractivity (Wildman–Crippen MR) is 73.0 cm³/mol. The summed E-state index contributed by atoms with van der Waals surface area (Å²) in [5, 5.41) is 0. The third-order valence-corrected chi connectivity index (χ3v) is 4.92. The molecule has 2 unspecified atom stereocenters. The molecule has 0 bridgehead atoms. The highest BCUT2D eigenvalue weighted by Gasteiger charge is 2.54. The monoisotopic (exact) mass is 278 g/mol. The van der Waals surface area contributed by atoms with Crippen LogP contribution < -0.4 is 0 Å². The smallest absolute Gasteiger partial charge is 0.150 e. The Kier molecular flexibility index (Phi) is 3.47. The van der Waals surface area contributed by atoms with Gasteiger partial charge in [-0.15, -0.1) is 0 Å². The third-order valence-electron chi connectivity index (χ3n) is 4.92. The highest BCUT2D eigenvalue weighted by molar-refractivity contribution is 6.18. The van der Waals surface area contributed by atoms with Gasteiger partial charge in [0.25, 0.3) is 0 Å². The molecule has 0 heterocycles. The van der Waals surface area contributed by atoms with Crippen molar-refractivity contribution in [3.8, 4) is 0 Å². The minimum Gasteiger partial charge on any atom is -0.299 e. The fraction of sp³-hybridized carbons (Fsp3) is 0.750. The molecule has 4 nitrogen and oxygen atoms in total. The first-order valence-corrected chi connectivity index (χ1v) is 7.22. The van der Waals surface area contributed by atoms with Crippen LogP contribution in [0.3, 0.4) is 0 Å². The molecule has 0 amide bonds. The number of Topliss-reactive ketones (excluding diaryl/α,β-unsaturated/α-hetero) is 4. The van der Waals surface area contributed by atoms with Crippen LogP contribution in [-0.2, 0) is 19.2 Å². The Hall–Kier alpha value is -1.32. The summed E-state index contributed by atoms with van der Waals surface area (Å²) in [6.45, 7) is 7.16. The van der Waals surface area contributed by atoms with Crippen LogP contribution in [0.25, 0.3) is 0 Å². The Morgan fingerprint density at radius 2 is 1.00 bits per heavy atom. The molecule has 0 aromatic carbocycles. The van der Waals surface area contributed by atoms with E-state index in [1.807, 2.05) is 0 Å². The van der Waals surface area contributed by atoms with Crippen molar-refractivity contribution in [2.24, 2.45) is 22.7 Å². The first-order chi connectivity index (χ1) is 9.08. The fourth-order valence-corrected chi connectivity index (χ4v) is 3.24. The summed E-state index contributed by atoms with van der Waals surface area (Å²) in [6.07, 6.45) is 1.56. The second-order valence-corrected chi connectivity index (χ2v) is 7.38. The van der Waals surface area contributed by atoms with Crippen LogP contribution in [0.5, 0.6) is 0 Å². The lowest BCUT2D eigenvalue weighted by molar-refractivity contribution is -0.157.